The third-order valence-electron chi connectivity index (χ3n) is 7.10. The number of methoxy groups -OCH3 is 1. The van der Waals surface area contributed by atoms with Gasteiger partial charge in [0.15, 0.2) is 0 Å². The molecule has 0 spiro atoms. The van der Waals surface area contributed by atoms with Crippen molar-refractivity contribution in [2.75, 3.05) is 7.11 Å². The van der Waals surface area contributed by atoms with Crippen molar-refractivity contribution in [1.82, 2.24) is 9.88 Å². The number of nitrogens with one attached hydrogen (secondary N) is 1. The van der Waals surface area contributed by atoms with Crippen LogP contribution in [-0.2, 0) is 17.9 Å². The predicted molar refractivity (Wildman–Crippen MR) is 147 cm³/mol. The van der Waals surface area contributed by atoms with Gasteiger partial charge in [-0.15, -0.1) is 0 Å². The molecule has 5 nitrogen and oxygen atoms in total. The SMILES string of the molecule is COc1ccc(Cn2cc(C(CC(=O)NCc3ccco3)C(C)c3ccccc3)c3ccccc32)cc1. The number of nitrogens with zero attached hydrogens (tertiary/aromatic N) is 1. The fourth-order valence-electron chi connectivity index (χ4n) is 5.04. The normalized spacial score (nSPS) is 12.8. The molecule has 0 fully saturated rings. The summed E-state index contributed by atoms with van der Waals surface area (Å²) in [6, 6.07) is 30.8. The van der Waals surface area contributed by atoms with Gasteiger partial charge in [0.1, 0.15) is 11.5 Å². The fourth-order valence-corrected chi connectivity index (χ4v) is 5.04. The molecule has 3 aromatic carbocycles. The van der Waals surface area contributed by atoms with Crippen molar-refractivity contribution in [2.45, 2.75) is 38.3 Å². The number of carbonyl (C=O) groups is 1. The van der Waals surface area contributed by atoms with Crippen LogP contribution >= 0.6 is 0 Å². The van der Waals surface area contributed by atoms with Crippen molar-refractivity contribution in [1.29, 1.82) is 0 Å². The quantitative estimate of drug-likeness (QED) is 0.231. The highest BCUT2D eigenvalue weighted by molar-refractivity contribution is 5.86. The van der Waals surface area contributed by atoms with Gasteiger partial charge in [-0.25, -0.2) is 0 Å². The second-order valence-electron chi connectivity index (χ2n) is 9.44. The molecule has 5 heteroatoms. The van der Waals surface area contributed by atoms with Crippen molar-refractivity contribution < 1.29 is 13.9 Å². The molecule has 2 atom stereocenters. The number of hydrogen-bond donors (Lipinski definition) is 1. The van der Waals surface area contributed by atoms with E-state index >= 15 is 0 Å². The lowest BCUT2D eigenvalue weighted by molar-refractivity contribution is -0.121. The zero-order valence-electron chi connectivity index (χ0n) is 21.3. The van der Waals surface area contributed by atoms with Gasteiger partial charge in [-0.1, -0.05) is 67.6 Å². The van der Waals surface area contributed by atoms with Crippen LogP contribution in [0.3, 0.4) is 0 Å². The third kappa shape index (κ3) is 5.61. The molecular weight excluding hydrogens is 460 g/mol. The molecule has 0 radical (unpaired) electrons. The lowest BCUT2D eigenvalue weighted by Gasteiger charge is -2.24. The minimum Gasteiger partial charge on any atom is -0.497 e. The summed E-state index contributed by atoms with van der Waals surface area (Å²) in [5.74, 6) is 1.75. The fraction of sp³-hybridized carbons (Fsp3) is 0.219. The summed E-state index contributed by atoms with van der Waals surface area (Å²) in [5, 5.41) is 4.23. The van der Waals surface area contributed by atoms with Crippen LogP contribution in [0.1, 0.15) is 47.6 Å². The first-order valence-electron chi connectivity index (χ1n) is 12.7. The average Bonchev–Trinajstić information content (AvgIpc) is 3.60. The molecule has 5 aromatic rings. The van der Waals surface area contributed by atoms with Crippen molar-refractivity contribution in [2.24, 2.45) is 0 Å². The van der Waals surface area contributed by atoms with Gasteiger partial charge in [-0.05, 0) is 52.9 Å². The minimum absolute atomic E-state index is 0.000943. The lowest BCUT2D eigenvalue weighted by Crippen LogP contribution is -2.26. The van der Waals surface area contributed by atoms with Crippen molar-refractivity contribution >= 4 is 16.8 Å². The summed E-state index contributed by atoms with van der Waals surface area (Å²) >= 11 is 0. The Kier molecular flexibility index (Phi) is 7.41. The third-order valence-corrected chi connectivity index (χ3v) is 7.10. The minimum atomic E-state index is 0.000943. The molecule has 1 amide bonds. The highest BCUT2D eigenvalue weighted by Gasteiger charge is 2.27. The van der Waals surface area contributed by atoms with Crippen LogP contribution in [0.5, 0.6) is 5.75 Å². The van der Waals surface area contributed by atoms with Crippen molar-refractivity contribution in [3.8, 4) is 5.75 Å². The number of aromatic nitrogens is 1. The maximum atomic E-state index is 13.2. The molecule has 2 aromatic heterocycles. The van der Waals surface area contributed by atoms with E-state index in [-0.39, 0.29) is 17.7 Å². The van der Waals surface area contributed by atoms with E-state index in [0.717, 1.165) is 23.6 Å². The number of hydrogen-bond acceptors (Lipinski definition) is 3. The van der Waals surface area contributed by atoms with E-state index in [4.69, 9.17) is 9.15 Å². The highest BCUT2D eigenvalue weighted by Crippen LogP contribution is 2.40. The Hall–Kier alpha value is -4.25. The van der Waals surface area contributed by atoms with Crippen LogP contribution < -0.4 is 10.1 Å². The number of rotatable bonds is 10. The first-order valence-corrected chi connectivity index (χ1v) is 12.7. The summed E-state index contributed by atoms with van der Waals surface area (Å²) in [6.07, 6.45) is 4.24. The average molecular weight is 493 g/mol. The molecule has 188 valence electrons. The molecule has 1 N–H and O–H groups in total. The molecule has 0 saturated heterocycles. The number of furan rings is 1. The number of carbonyl (C=O) groups excluding carboxylic acids is 1. The van der Waals surface area contributed by atoms with Gasteiger partial charge in [-0.2, -0.15) is 0 Å². The molecular formula is C32H32N2O3. The number of fused-ring (bicyclic) bond motifs is 1. The van der Waals surface area contributed by atoms with Crippen LogP contribution in [0, 0.1) is 0 Å². The number of amides is 1. The standard InChI is InChI=1S/C32H32N2O3/c1-23(25-9-4-3-5-10-25)29(19-32(35)33-20-27-11-8-18-37-27)30-22-34(31-13-7-6-12-28(30)31)21-24-14-16-26(36-2)17-15-24/h3-18,22-23,29H,19-21H2,1-2H3,(H,33,35). The van der Waals surface area contributed by atoms with Gasteiger partial charge in [0.05, 0.1) is 19.9 Å². The van der Waals surface area contributed by atoms with E-state index in [1.807, 2.05) is 30.3 Å². The van der Waals surface area contributed by atoms with Crippen molar-refractivity contribution in [3.05, 3.63) is 126 Å². The van der Waals surface area contributed by atoms with E-state index in [1.165, 1.54) is 22.1 Å². The second-order valence-corrected chi connectivity index (χ2v) is 9.44. The Morgan fingerprint density at radius 1 is 0.946 bits per heavy atom. The van der Waals surface area contributed by atoms with Crippen LogP contribution in [0.15, 0.2) is 108 Å². The Labute approximate surface area is 217 Å². The Morgan fingerprint density at radius 2 is 1.70 bits per heavy atom. The molecule has 0 aliphatic heterocycles. The summed E-state index contributed by atoms with van der Waals surface area (Å²) in [6.45, 7) is 3.34. The first-order chi connectivity index (χ1) is 18.1. The van der Waals surface area contributed by atoms with Crippen LogP contribution in [-0.4, -0.2) is 17.6 Å². The molecule has 0 saturated carbocycles. The summed E-state index contributed by atoms with van der Waals surface area (Å²) < 4.78 is 13.0. The monoisotopic (exact) mass is 492 g/mol. The molecule has 0 bridgehead atoms. The molecule has 2 unspecified atom stereocenters. The Morgan fingerprint density at radius 3 is 2.43 bits per heavy atom. The van der Waals surface area contributed by atoms with Gasteiger partial charge in [0, 0.05) is 36.0 Å². The van der Waals surface area contributed by atoms with Crippen LogP contribution in [0.4, 0.5) is 0 Å². The smallest absolute Gasteiger partial charge is 0.221 e. The van der Waals surface area contributed by atoms with Gasteiger partial charge >= 0.3 is 0 Å². The first kappa shape index (κ1) is 24.4. The van der Waals surface area contributed by atoms with E-state index < -0.39 is 0 Å². The zero-order valence-corrected chi connectivity index (χ0v) is 21.3. The predicted octanol–water partition coefficient (Wildman–Crippen LogP) is 6.89. The lowest BCUT2D eigenvalue weighted by atomic mass is 9.80. The second kappa shape index (κ2) is 11.2. The van der Waals surface area contributed by atoms with Gasteiger partial charge < -0.3 is 19.0 Å². The van der Waals surface area contributed by atoms with Gasteiger partial charge in [0.25, 0.3) is 0 Å². The van der Waals surface area contributed by atoms with Crippen LogP contribution in [0.25, 0.3) is 10.9 Å². The molecule has 2 heterocycles. The summed E-state index contributed by atoms with van der Waals surface area (Å²) in [5.41, 5.74) is 4.76. The maximum Gasteiger partial charge on any atom is 0.221 e. The summed E-state index contributed by atoms with van der Waals surface area (Å²) in [4.78, 5) is 13.2. The van der Waals surface area contributed by atoms with E-state index in [1.54, 1.807) is 13.4 Å². The number of benzene rings is 3. The summed E-state index contributed by atoms with van der Waals surface area (Å²) in [7, 11) is 1.68. The molecule has 37 heavy (non-hydrogen) atoms. The van der Waals surface area contributed by atoms with E-state index in [0.29, 0.717) is 13.0 Å². The van der Waals surface area contributed by atoms with Gasteiger partial charge in [0.2, 0.25) is 5.91 Å². The highest BCUT2D eigenvalue weighted by atomic mass is 16.5. The molecule has 0 aliphatic rings. The molecule has 5 rings (SSSR count). The van der Waals surface area contributed by atoms with E-state index in [2.05, 4.69) is 83.7 Å². The van der Waals surface area contributed by atoms with Crippen molar-refractivity contribution in [3.63, 3.8) is 0 Å². The maximum absolute atomic E-state index is 13.2. The number of para-hydroxylation sites is 1. The molecule has 0 aliphatic carbocycles. The van der Waals surface area contributed by atoms with E-state index in [9.17, 15) is 4.79 Å². The zero-order chi connectivity index (χ0) is 25.6. The largest absolute Gasteiger partial charge is 0.497 e. The van der Waals surface area contributed by atoms with Gasteiger partial charge in [-0.3, -0.25) is 4.79 Å². The number of ether oxygens (including phenoxy) is 1. The Balaban J connectivity index is 1.49. The van der Waals surface area contributed by atoms with Crippen LogP contribution in [0.2, 0.25) is 0 Å². The topological polar surface area (TPSA) is 56.4 Å². The Bertz CT molecular complexity index is 1440.